The quantitative estimate of drug-likeness (QED) is 0.483. The van der Waals surface area contributed by atoms with Gasteiger partial charge in [0.1, 0.15) is 29.8 Å². The van der Waals surface area contributed by atoms with Crippen molar-refractivity contribution in [2.75, 3.05) is 26.3 Å². The Hall–Kier alpha value is -2.27. The number of hydrogen-bond acceptors (Lipinski definition) is 7. The maximum Gasteiger partial charge on any atom is 0.253 e. The molecular formula is C26H37N3O6S. The summed E-state index contributed by atoms with van der Waals surface area (Å²) < 4.78 is 33.1. The molecule has 1 aromatic carbocycles. The lowest BCUT2D eigenvalue weighted by molar-refractivity contribution is -0.125. The van der Waals surface area contributed by atoms with Crippen LogP contribution in [0.4, 0.5) is 0 Å². The number of nitrogens with one attached hydrogen (secondary N) is 1. The molecule has 1 aromatic rings. The van der Waals surface area contributed by atoms with E-state index >= 15 is 0 Å². The number of ether oxygens (including phenoxy) is 1. The predicted molar refractivity (Wildman–Crippen MR) is 138 cm³/mol. The lowest BCUT2D eigenvalue weighted by Crippen LogP contribution is -2.50. The molecule has 1 amide bonds. The molecule has 0 bridgehead atoms. The highest BCUT2D eigenvalue weighted by Crippen LogP contribution is 2.35. The molecule has 1 saturated carbocycles. The highest BCUT2D eigenvalue weighted by Gasteiger charge is 2.48. The van der Waals surface area contributed by atoms with Crippen LogP contribution in [0.15, 0.2) is 22.5 Å². The number of aliphatic hydroxyl groups excluding tert-OH is 2. The second-order valence-corrected chi connectivity index (χ2v) is 12.0. The van der Waals surface area contributed by atoms with Crippen LogP contribution in [0, 0.1) is 19.8 Å². The molecule has 4 rings (SSSR count). The molecule has 0 aromatic heterocycles. The Balaban J connectivity index is 1.41. The first-order chi connectivity index (χ1) is 17.1. The van der Waals surface area contributed by atoms with E-state index in [9.17, 15) is 18.3 Å². The Labute approximate surface area is 213 Å². The second-order valence-electron chi connectivity index (χ2n) is 10.2. The van der Waals surface area contributed by atoms with E-state index in [0.717, 1.165) is 48.2 Å². The fourth-order valence-electron chi connectivity index (χ4n) is 5.33. The monoisotopic (exact) mass is 519 g/mol. The van der Waals surface area contributed by atoms with Crippen molar-refractivity contribution in [3.8, 4) is 5.75 Å². The van der Waals surface area contributed by atoms with Crippen LogP contribution in [0.1, 0.15) is 61.6 Å². The normalized spacial score (nSPS) is 22.1. The van der Waals surface area contributed by atoms with E-state index < -0.39 is 21.7 Å². The molecular weight excluding hydrogens is 482 g/mol. The van der Waals surface area contributed by atoms with Gasteiger partial charge in [-0.05, 0) is 74.4 Å². The molecule has 9 nitrogen and oxygen atoms in total. The van der Waals surface area contributed by atoms with Crippen LogP contribution in [-0.4, -0.2) is 72.6 Å². The second kappa shape index (κ2) is 11.0. The number of carbonyl (C=O) groups is 1. The number of carbonyl (C=O) groups excluding carboxylic acids is 1. The third-order valence-corrected chi connectivity index (χ3v) is 9.09. The number of aliphatic imine (C=N–C) groups is 1. The number of piperidine rings is 1. The maximum absolute atomic E-state index is 13.1. The van der Waals surface area contributed by atoms with E-state index in [1.807, 2.05) is 13.8 Å². The summed E-state index contributed by atoms with van der Waals surface area (Å²) in [6.45, 7) is 3.81. The maximum atomic E-state index is 13.1. The van der Waals surface area contributed by atoms with E-state index in [1.165, 1.54) is 16.1 Å². The van der Waals surface area contributed by atoms with Gasteiger partial charge in [0.2, 0.25) is 10.0 Å². The van der Waals surface area contributed by atoms with Crippen molar-refractivity contribution in [2.24, 2.45) is 10.9 Å². The zero-order chi connectivity index (χ0) is 25.9. The van der Waals surface area contributed by atoms with Crippen LogP contribution in [0.3, 0.4) is 0 Å². The Bertz CT molecular complexity index is 1110. The molecule has 1 aliphatic carbocycles. The van der Waals surface area contributed by atoms with Crippen molar-refractivity contribution in [1.82, 2.24) is 9.62 Å². The van der Waals surface area contributed by atoms with Gasteiger partial charge in [-0.25, -0.2) is 8.42 Å². The van der Waals surface area contributed by atoms with E-state index in [-0.39, 0.29) is 32.2 Å². The van der Waals surface area contributed by atoms with Gasteiger partial charge in [-0.2, -0.15) is 4.31 Å². The molecule has 10 heteroatoms. The number of amides is 1. The van der Waals surface area contributed by atoms with Crippen LogP contribution >= 0.6 is 0 Å². The third kappa shape index (κ3) is 5.82. The van der Waals surface area contributed by atoms with Gasteiger partial charge in [0, 0.05) is 24.4 Å². The zero-order valence-corrected chi connectivity index (χ0v) is 21.9. The minimum Gasteiger partial charge on any atom is -0.491 e. The molecule has 2 heterocycles. The SMILES string of the molecule is Cc1cc(OCC(O)CO)cc(C)c1/C=C/S(=O)(=O)N1CCC2(CC1)N=C(C1CCCCC1)NC2=O. The molecule has 0 radical (unpaired) electrons. The number of amidine groups is 1. The number of benzene rings is 1. The highest BCUT2D eigenvalue weighted by atomic mass is 32.2. The summed E-state index contributed by atoms with van der Waals surface area (Å²) in [7, 11) is -3.67. The molecule has 198 valence electrons. The average molecular weight is 520 g/mol. The molecule has 36 heavy (non-hydrogen) atoms. The first-order valence-corrected chi connectivity index (χ1v) is 14.3. The van der Waals surface area contributed by atoms with Crippen molar-refractivity contribution < 1.29 is 28.2 Å². The summed E-state index contributed by atoms with van der Waals surface area (Å²) in [4.78, 5) is 17.7. The van der Waals surface area contributed by atoms with Gasteiger partial charge in [-0.3, -0.25) is 9.79 Å². The fraction of sp³-hybridized carbons (Fsp3) is 0.615. The number of aliphatic hydroxyl groups is 2. The van der Waals surface area contributed by atoms with Gasteiger partial charge in [-0.1, -0.05) is 19.3 Å². The number of aryl methyl sites for hydroxylation is 2. The van der Waals surface area contributed by atoms with Crippen molar-refractivity contribution >= 4 is 27.8 Å². The van der Waals surface area contributed by atoms with Gasteiger partial charge in [0.05, 0.1) is 6.61 Å². The molecule has 2 aliphatic heterocycles. The summed E-state index contributed by atoms with van der Waals surface area (Å²) in [5, 5.41) is 22.6. The van der Waals surface area contributed by atoms with Crippen LogP contribution < -0.4 is 10.1 Å². The first kappa shape index (κ1) is 26.8. The Kier molecular flexibility index (Phi) is 8.18. The summed E-state index contributed by atoms with van der Waals surface area (Å²) in [5.74, 6) is 1.58. The van der Waals surface area contributed by atoms with Gasteiger partial charge < -0.3 is 20.3 Å². The molecule has 3 N–H and O–H groups in total. The zero-order valence-electron chi connectivity index (χ0n) is 21.1. The summed E-state index contributed by atoms with van der Waals surface area (Å²) >= 11 is 0. The topological polar surface area (TPSA) is 129 Å². The van der Waals surface area contributed by atoms with Crippen molar-refractivity contribution in [3.63, 3.8) is 0 Å². The van der Waals surface area contributed by atoms with Crippen LogP contribution in [0.25, 0.3) is 6.08 Å². The summed E-state index contributed by atoms with van der Waals surface area (Å²) in [6.07, 6.45) is 7.05. The van der Waals surface area contributed by atoms with Crippen LogP contribution in [0.2, 0.25) is 0 Å². The third-order valence-electron chi connectivity index (χ3n) is 7.53. The highest BCUT2D eigenvalue weighted by molar-refractivity contribution is 7.92. The van der Waals surface area contributed by atoms with Crippen molar-refractivity contribution in [2.45, 2.75) is 70.4 Å². The largest absolute Gasteiger partial charge is 0.491 e. The number of sulfonamides is 1. The number of rotatable bonds is 8. The van der Waals surface area contributed by atoms with Gasteiger partial charge in [0.25, 0.3) is 5.91 Å². The molecule has 2 fully saturated rings. The minimum atomic E-state index is -3.67. The summed E-state index contributed by atoms with van der Waals surface area (Å²) in [6, 6.07) is 3.54. The minimum absolute atomic E-state index is 0.0282. The predicted octanol–water partition coefficient (Wildman–Crippen LogP) is 2.28. The number of hydrogen-bond donors (Lipinski definition) is 3. The van der Waals surface area contributed by atoms with Crippen molar-refractivity contribution in [3.05, 3.63) is 34.2 Å². The first-order valence-electron chi connectivity index (χ1n) is 12.8. The van der Waals surface area contributed by atoms with E-state index in [1.54, 1.807) is 18.2 Å². The average Bonchev–Trinajstić information content (AvgIpc) is 3.18. The molecule has 1 saturated heterocycles. The standard InChI is InChI=1S/C26H37N3O6S/c1-18-14-22(35-17-21(31)16-30)15-19(2)23(18)8-13-36(33,34)29-11-9-26(10-12-29)25(32)27-24(28-26)20-6-4-3-5-7-20/h8,13-15,20-21,30-31H,3-7,9-12,16-17H2,1-2H3,(H,27,28,32)/b13-8+. The smallest absolute Gasteiger partial charge is 0.253 e. The fourth-order valence-corrected chi connectivity index (χ4v) is 6.50. The van der Waals surface area contributed by atoms with E-state index in [4.69, 9.17) is 14.8 Å². The summed E-state index contributed by atoms with van der Waals surface area (Å²) in [5.41, 5.74) is 1.60. The van der Waals surface area contributed by atoms with E-state index in [0.29, 0.717) is 24.5 Å². The molecule has 1 atom stereocenters. The Morgan fingerprint density at radius 1 is 1.19 bits per heavy atom. The lowest BCUT2D eigenvalue weighted by atomic mass is 9.88. The molecule has 1 unspecified atom stereocenters. The van der Waals surface area contributed by atoms with Gasteiger partial charge in [-0.15, -0.1) is 0 Å². The Morgan fingerprint density at radius 2 is 1.83 bits per heavy atom. The van der Waals surface area contributed by atoms with Crippen LogP contribution in [-0.2, 0) is 14.8 Å². The lowest BCUT2D eigenvalue weighted by Gasteiger charge is -2.34. The van der Waals surface area contributed by atoms with Gasteiger partial charge >= 0.3 is 0 Å². The molecule has 3 aliphatic rings. The molecule has 1 spiro atoms. The van der Waals surface area contributed by atoms with Crippen LogP contribution in [0.5, 0.6) is 5.75 Å². The van der Waals surface area contributed by atoms with E-state index in [2.05, 4.69) is 5.32 Å². The Morgan fingerprint density at radius 3 is 2.44 bits per heavy atom. The van der Waals surface area contributed by atoms with Crippen molar-refractivity contribution in [1.29, 1.82) is 0 Å². The van der Waals surface area contributed by atoms with Gasteiger partial charge in [0.15, 0.2) is 0 Å². The number of nitrogens with zero attached hydrogens (tertiary/aromatic N) is 2.